The number of hydrogen-bond donors (Lipinski definition) is 1. The summed E-state index contributed by atoms with van der Waals surface area (Å²) >= 11 is 0. The fraction of sp³-hybridized carbons (Fsp3) is 0.385. The van der Waals surface area contributed by atoms with E-state index in [-0.39, 0.29) is 18.1 Å². The minimum absolute atomic E-state index is 0.0650. The van der Waals surface area contributed by atoms with Crippen molar-refractivity contribution in [3.05, 3.63) is 29.8 Å². The molecule has 4 nitrogen and oxygen atoms in total. The van der Waals surface area contributed by atoms with Crippen LogP contribution < -0.4 is 10.1 Å². The number of amides is 1. The highest BCUT2D eigenvalue weighted by Crippen LogP contribution is 2.11. The number of carbonyl (C=O) groups is 2. The van der Waals surface area contributed by atoms with Crippen LogP contribution in [0.15, 0.2) is 24.3 Å². The van der Waals surface area contributed by atoms with Crippen molar-refractivity contribution in [3.8, 4) is 5.75 Å². The van der Waals surface area contributed by atoms with Crippen LogP contribution in [0.4, 0.5) is 0 Å². The highest BCUT2D eigenvalue weighted by Gasteiger charge is 2.03. The number of aryl methyl sites for hydroxylation is 1. The van der Waals surface area contributed by atoms with Gasteiger partial charge in [-0.2, -0.15) is 0 Å². The van der Waals surface area contributed by atoms with Crippen molar-refractivity contribution < 1.29 is 14.3 Å². The second-order valence-corrected chi connectivity index (χ2v) is 3.89. The molecule has 0 atom stereocenters. The first kappa shape index (κ1) is 13.2. The third-order valence-corrected chi connectivity index (χ3v) is 2.09. The topological polar surface area (TPSA) is 55.4 Å². The summed E-state index contributed by atoms with van der Waals surface area (Å²) in [4.78, 5) is 21.8. The van der Waals surface area contributed by atoms with Gasteiger partial charge in [0.15, 0.2) is 0 Å². The van der Waals surface area contributed by atoms with E-state index >= 15 is 0 Å². The van der Waals surface area contributed by atoms with E-state index in [2.05, 4.69) is 5.32 Å². The highest BCUT2D eigenvalue weighted by molar-refractivity contribution is 5.96. The van der Waals surface area contributed by atoms with E-state index in [1.807, 2.05) is 31.2 Å². The van der Waals surface area contributed by atoms with Crippen LogP contribution in [0.1, 0.15) is 18.9 Å². The van der Waals surface area contributed by atoms with Gasteiger partial charge in [-0.3, -0.25) is 9.59 Å². The Hall–Kier alpha value is -1.84. The molecule has 0 radical (unpaired) electrons. The molecule has 0 bridgehead atoms. The summed E-state index contributed by atoms with van der Waals surface area (Å²) < 4.78 is 5.44. The average molecular weight is 235 g/mol. The maximum atomic E-state index is 11.1. The lowest BCUT2D eigenvalue weighted by atomic mass is 10.2. The number of Topliss-reactive ketones (excluding diaryl/α,β-unsaturated/α-hetero) is 1. The summed E-state index contributed by atoms with van der Waals surface area (Å²) in [5.74, 6) is 0.387. The second kappa shape index (κ2) is 6.68. The lowest BCUT2D eigenvalue weighted by Gasteiger charge is -2.07. The molecule has 0 saturated heterocycles. The maximum Gasteiger partial charge on any atom is 0.227 e. The monoisotopic (exact) mass is 235 g/mol. The molecule has 0 aliphatic heterocycles. The molecule has 0 aromatic heterocycles. The molecule has 0 unspecified atom stereocenters. The van der Waals surface area contributed by atoms with Crippen LogP contribution >= 0.6 is 0 Å². The predicted molar refractivity (Wildman–Crippen MR) is 65.0 cm³/mol. The van der Waals surface area contributed by atoms with Crippen LogP contribution in [0.3, 0.4) is 0 Å². The smallest absolute Gasteiger partial charge is 0.227 e. The van der Waals surface area contributed by atoms with Gasteiger partial charge < -0.3 is 10.1 Å². The minimum atomic E-state index is -0.259. The Morgan fingerprint density at radius 2 is 2.12 bits per heavy atom. The van der Waals surface area contributed by atoms with E-state index in [0.29, 0.717) is 13.2 Å². The van der Waals surface area contributed by atoms with E-state index in [0.717, 1.165) is 11.3 Å². The molecule has 1 rings (SSSR count). The molecule has 0 aliphatic carbocycles. The van der Waals surface area contributed by atoms with Gasteiger partial charge in [0.1, 0.15) is 18.1 Å². The second-order valence-electron chi connectivity index (χ2n) is 3.89. The van der Waals surface area contributed by atoms with Crippen molar-refractivity contribution in [1.29, 1.82) is 0 Å². The number of benzene rings is 1. The van der Waals surface area contributed by atoms with Crippen molar-refractivity contribution in [2.75, 3.05) is 13.2 Å². The Bertz CT molecular complexity index is 401. The van der Waals surface area contributed by atoms with Crippen LogP contribution in [0.2, 0.25) is 0 Å². The minimum Gasteiger partial charge on any atom is -0.492 e. The quantitative estimate of drug-likeness (QED) is 0.600. The van der Waals surface area contributed by atoms with E-state index in [1.165, 1.54) is 6.92 Å². The Morgan fingerprint density at radius 1 is 1.35 bits per heavy atom. The molecule has 17 heavy (non-hydrogen) atoms. The molecular weight excluding hydrogens is 218 g/mol. The molecule has 4 heteroatoms. The average Bonchev–Trinajstić information content (AvgIpc) is 2.23. The van der Waals surface area contributed by atoms with Gasteiger partial charge in [0, 0.05) is 0 Å². The molecular formula is C13H17NO3. The van der Waals surface area contributed by atoms with Crippen LogP contribution in [0, 0.1) is 6.92 Å². The van der Waals surface area contributed by atoms with Gasteiger partial charge in [-0.25, -0.2) is 0 Å². The van der Waals surface area contributed by atoms with Gasteiger partial charge in [-0.05, 0) is 31.5 Å². The number of nitrogens with one attached hydrogen (secondary N) is 1. The van der Waals surface area contributed by atoms with Crippen LogP contribution in [-0.4, -0.2) is 24.8 Å². The first-order chi connectivity index (χ1) is 8.08. The van der Waals surface area contributed by atoms with Crippen molar-refractivity contribution in [1.82, 2.24) is 5.32 Å². The molecule has 0 aliphatic rings. The third kappa shape index (κ3) is 5.70. The van der Waals surface area contributed by atoms with E-state index in [9.17, 15) is 9.59 Å². The van der Waals surface area contributed by atoms with Gasteiger partial charge in [-0.1, -0.05) is 12.1 Å². The zero-order valence-corrected chi connectivity index (χ0v) is 10.2. The molecule has 0 spiro atoms. The summed E-state index contributed by atoms with van der Waals surface area (Å²) in [7, 11) is 0. The first-order valence-corrected chi connectivity index (χ1v) is 5.53. The Kier molecular flexibility index (Phi) is 5.20. The van der Waals surface area contributed by atoms with Gasteiger partial charge in [0.2, 0.25) is 5.91 Å². The maximum absolute atomic E-state index is 11.1. The number of rotatable bonds is 6. The summed E-state index contributed by atoms with van der Waals surface area (Å²) in [6, 6.07) is 7.70. The van der Waals surface area contributed by atoms with Gasteiger partial charge >= 0.3 is 0 Å². The molecule has 1 amide bonds. The lowest BCUT2D eigenvalue weighted by Crippen LogP contribution is -2.29. The largest absolute Gasteiger partial charge is 0.492 e. The summed E-state index contributed by atoms with van der Waals surface area (Å²) in [5.41, 5.74) is 1.13. The van der Waals surface area contributed by atoms with Crippen molar-refractivity contribution in [3.63, 3.8) is 0 Å². The summed E-state index contributed by atoms with van der Waals surface area (Å²) in [6.45, 7) is 4.18. The van der Waals surface area contributed by atoms with Crippen molar-refractivity contribution in [2.45, 2.75) is 20.3 Å². The molecule has 0 heterocycles. The molecule has 0 saturated carbocycles. The molecule has 1 aromatic rings. The summed E-state index contributed by atoms with van der Waals surface area (Å²) in [6.07, 6.45) is -0.0650. The molecule has 1 N–H and O–H groups in total. The molecule has 0 fully saturated rings. The van der Waals surface area contributed by atoms with Gasteiger partial charge in [0.25, 0.3) is 0 Å². The zero-order chi connectivity index (χ0) is 12.7. The Morgan fingerprint density at radius 3 is 2.76 bits per heavy atom. The molecule has 92 valence electrons. The fourth-order valence-electron chi connectivity index (χ4n) is 1.35. The SMILES string of the molecule is CC(=O)CC(=O)NCCOc1cccc(C)c1. The van der Waals surface area contributed by atoms with Crippen LogP contribution in [-0.2, 0) is 9.59 Å². The van der Waals surface area contributed by atoms with Crippen LogP contribution in [0.5, 0.6) is 5.75 Å². The normalized spacial score (nSPS) is 9.76. The Balaban J connectivity index is 2.20. The molecule has 1 aromatic carbocycles. The lowest BCUT2D eigenvalue weighted by molar-refractivity contribution is -0.127. The first-order valence-electron chi connectivity index (χ1n) is 5.53. The van der Waals surface area contributed by atoms with E-state index in [1.54, 1.807) is 0 Å². The zero-order valence-electron chi connectivity index (χ0n) is 10.2. The number of ketones is 1. The van der Waals surface area contributed by atoms with E-state index < -0.39 is 0 Å². The predicted octanol–water partition coefficient (Wildman–Crippen LogP) is 1.47. The summed E-state index contributed by atoms with van der Waals surface area (Å²) in [5, 5.41) is 2.61. The van der Waals surface area contributed by atoms with E-state index in [4.69, 9.17) is 4.74 Å². The highest BCUT2D eigenvalue weighted by atomic mass is 16.5. The fourth-order valence-corrected chi connectivity index (χ4v) is 1.35. The van der Waals surface area contributed by atoms with Crippen LogP contribution in [0.25, 0.3) is 0 Å². The Labute approximate surface area is 101 Å². The van der Waals surface area contributed by atoms with Gasteiger partial charge in [0.05, 0.1) is 13.0 Å². The van der Waals surface area contributed by atoms with Crippen molar-refractivity contribution >= 4 is 11.7 Å². The van der Waals surface area contributed by atoms with Crippen molar-refractivity contribution in [2.24, 2.45) is 0 Å². The number of ether oxygens (including phenoxy) is 1. The number of hydrogen-bond acceptors (Lipinski definition) is 3. The standard InChI is InChI=1S/C13H17NO3/c1-10-4-3-5-12(8-10)17-7-6-14-13(16)9-11(2)15/h3-5,8H,6-7,9H2,1-2H3,(H,14,16). The number of carbonyl (C=O) groups excluding carboxylic acids is 2. The van der Waals surface area contributed by atoms with Gasteiger partial charge in [-0.15, -0.1) is 0 Å². The third-order valence-electron chi connectivity index (χ3n) is 2.09.